The fraction of sp³-hybridized carbons (Fsp3) is 0.294. The van der Waals surface area contributed by atoms with Crippen molar-refractivity contribution in [3.8, 4) is 0 Å². The highest BCUT2D eigenvalue weighted by Gasteiger charge is 2.21. The Balaban J connectivity index is 2.52. The second-order valence-electron chi connectivity index (χ2n) is 5.03. The van der Waals surface area contributed by atoms with Gasteiger partial charge in [0.1, 0.15) is 17.5 Å². The summed E-state index contributed by atoms with van der Waals surface area (Å²) in [6.45, 7) is 4.18. The Hall–Kier alpha value is -1.81. The van der Waals surface area contributed by atoms with E-state index < -0.39 is 23.5 Å². The van der Waals surface area contributed by atoms with Crippen LogP contribution in [0.2, 0.25) is 0 Å². The molecular weight excluding hydrogens is 275 g/mol. The lowest BCUT2D eigenvalue weighted by Gasteiger charge is -2.21. The molecule has 21 heavy (non-hydrogen) atoms. The van der Waals surface area contributed by atoms with Crippen LogP contribution in [0.15, 0.2) is 36.4 Å². The Bertz CT molecular complexity index is 623. The molecule has 0 aliphatic rings. The van der Waals surface area contributed by atoms with Gasteiger partial charge in [0.05, 0.1) is 6.04 Å². The first-order valence-corrected chi connectivity index (χ1v) is 6.98. The number of halogens is 3. The van der Waals surface area contributed by atoms with Gasteiger partial charge >= 0.3 is 0 Å². The maximum atomic E-state index is 14.3. The lowest BCUT2D eigenvalue weighted by molar-refractivity contribution is 0.511. The zero-order valence-corrected chi connectivity index (χ0v) is 12.1. The van der Waals surface area contributed by atoms with Crippen LogP contribution in [0.25, 0.3) is 0 Å². The smallest absolute Gasteiger partial charge is 0.131 e. The van der Waals surface area contributed by atoms with Gasteiger partial charge in [-0.1, -0.05) is 25.1 Å². The molecule has 0 aromatic heterocycles. The molecule has 0 fully saturated rings. The Labute approximate surface area is 122 Å². The van der Waals surface area contributed by atoms with Crippen molar-refractivity contribution < 1.29 is 13.2 Å². The molecule has 2 aromatic carbocycles. The van der Waals surface area contributed by atoms with Crippen molar-refractivity contribution in [1.29, 1.82) is 0 Å². The van der Waals surface area contributed by atoms with Gasteiger partial charge in [-0.3, -0.25) is 0 Å². The van der Waals surface area contributed by atoms with Gasteiger partial charge < -0.3 is 5.32 Å². The van der Waals surface area contributed by atoms with Crippen LogP contribution in [0.5, 0.6) is 0 Å². The molecule has 1 atom stereocenters. The van der Waals surface area contributed by atoms with E-state index in [9.17, 15) is 13.2 Å². The van der Waals surface area contributed by atoms with Gasteiger partial charge in [0.25, 0.3) is 0 Å². The molecule has 2 aromatic rings. The monoisotopic (exact) mass is 293 g/mol. The van der Waals surface area contributed by atoms with Crippen molar-refractivity contribution in [2.45, 2.75) is 26.3 Å². The maximum absolute atomic E-state index is 14.3. The molecular formula is C17H18F3N. The van der Waals surface area contributed by atoms with E-state index >= 15 is 0 Å². The van der Waals surface area contributed by atoms with Crippen LogP contribution in [0.1, 0.15) is 36.1 Å². The molecule has 112 valence electrons. The van der Waals surface area contributed by atoms with Gasteiger partial charge in [0.2, 0.25) is 0 Å². The van der Waals surface area contributed by atoms with E-state index in [0.717, 1.165) is 24.6 Å². The molecule has 0 bridgehead atoms. The number of benzene rings is 2. The molecule has 1 unspecified atom stereocenters. The van der Waals surface area contributed by atoms with E-state index in [1.165, 1.54) is 0 Å². The van der Waals surface area contributed by atoms with Crippen molar-refractivity contribution in [3.63, 3.8) is 0 Å². The van der Waals surface area contributed by atoms with E-state index in [4.69, 9.17) is 0 Å². The fourth-order valence-electron chi connectivity index (χ4n) is 2.31. The molecule has 0 spiro atoms. The average molecular weight is 293 g/mol. The normalized spacial score (nSPS) is 12.4. The van der Waals surface area contributed by atoms with Gasteiger partial charge in [0, 0.05) is 11.1 Å². The van der Waals surface area contributed by atoms with Crippen LogP contribution in [0, 0.1) is 24.4 Å². The first-order chi connectivity index (χ1) is 10.0. The van der Waals surface area contributed by atoms with Crippen LogP contribution in [0.3, 0.4) is 0 Å². The molecule has 0 aliphatic heterocycles. The Morgan fingerprint density at radius 1 is 1.05 bits per heavy atom. The van der Waals surface area contributed by atoms with Crippen molar-refractivity contribution in [2.75, 3.05) is 6.54 Å². The minimum atomic E-state index is -0.708. The lowest BCUT2D eigenvalue weighted by atomic mass is 9.96. The minimum Gasteiger partial charge on any atom is -0.306 e. The van der Waals surface area contributed by atoms with Gasteiger partial charge in [0.15, 0.2) is 0 Å². The third kappa shape index (κ3) is 3.45. The number of hydrogen-bond donors (Lipinski definition) is 1. The second-order valence-corrected chi connectivity index (χ2v) is 5.03. The van der Waals surface area contributed by atoms with Crippen molar-refractivity contribution >= 4 is 0 Å². The summed E-state index contributed by atoms with van der Waals surface area (Å²) in [6, 6.07) is 7.50. The molecule has 0 saturated carbocycles. The summed E-state index contributed by atoms with van der Waals surface area (Å²) < 4.78 is 41.8. The second kappa shape index (κ2) is 6.76. The van der Waals surface area contributed by atoms with Crippen LogP contribution in [-0.4, -0.2) is 6.54 Å². The van der Waals surface area contributed by atoms with Gasteiger partial charge in [-0.15, -0.1) is 0 Å². The van der Waals surface area contributed by atoms with E-state index in [2.05, 4.69) is 5.32 Å². The molecule has 1 nitrogen and oxygen atoms in total. The van der Waals surface area contributed by atoms with Crippen molar-refractivity contribution in [3.05, 3.63) is 70.5 Å². The first-order valence-electron chi connectivity index (χ1n) is 6.98. The summed E-state index contributed by atoms with van der Waals surface area (Å²) in [5, 5.41) is 3.09. The zero-order valence-electron chi connectivity index (χ0n) is 12.1. The topological polar surface area (TPSA) is 12.0 Å². The van der Waals surface area contributed by atoms with E-state index in [0.29, 0.717) is 17.7 Å². The average Bonchev–Trinajstić information content (AvgIpc) is 2.47. The Morgan fingerprint density at radius 3 is 2.52 bits per heavy atom. The number of nitrogens with one attached hydrogen (secondary N) is 1. The van der Waals surface area contributed by atoms with E-state index in [-0.39, 0.29) is 5.56 Å². The highest BCUT2D eigenvalue weighted by Crippen LogP contribution is 2.28. The standard InChI is InChI=1S/C17H18F3N/c1-3-9-21-17(13-6-4-5-11(2)16(13)20)14-10-12(18)7-8-15(14)19/h4-8,10,17,21H,3,9H2,1-2H3. The zero-order chi connectivity index (χ0) is 15.4. The molecule has 0 amide bonds. The van der Waals surface area contributed by atoms with Crippen LogP contribution >= 0.6 is 0 Å². The van der Waals surface area contributed by atoms with Gasteiger partial charge in [-0.05, 0) is 43.7 Å². The van der Waals surface area contributed by atoms with Crippen molar-refractivity contribution in [2.24, 2.45) is 0 Å². The minimum absolute atomic E-state index is 0.118. The SMILES string of the molecule is CCCNC(c1cc(F)ccc1F)c1cccc(C)c1F. The molecule has 0 heterocycles. The number of rotatable bonds is 5. The largest absolute Gasteiger partial charge is 0.306 e. The highest BCUT2D eigenvalue weighted by molar-refractivity contribution is 5.36. The van der Waals surface area contributed by atoms with Gasteiger partial charge in [-0.2, -0.15) is 0 Å². The van der Waals surface area contributed by atoms with Crippen LogP contribution in [-0.2, 0) is 0 Å². The van der Waals surface area contributed by atoms with E-state index in [1.54, 1.807) is 25.1 Å². The summed E-state index contributed by atoms with van der Waals surface area (Å²) >= 11 is 0. The number of hydrogen-bond acceptors (Lipinski definition) is 1. The summed E-state index contributed by atoms with van der Waals surface area (Å²) in [7, 11) is 0. The third-order valence-corrected chi connectivity index (χ3v) is 3.40. The predicted molar refractivity (Wildman–Crippen MR) is 77.6 cm³/mol. The Morgan fingerprint density at radius 2 is 1.81 bits per heavy atom. The summed E-state index contributed by atoms with van der Waals surface area (Å²) in [5.74, 6) is -1.48. The van der Waals surface area contributed by atoms with Crippen LogP contribution < -0.4 is 5.32 Å². The predicted octanol–water partition coefficient (Wildman–Crippen LogP) is 4.50. The maximum Gasteiger partial charge on any atom is 0.131 e. The number of aryl methyl sites for hydroxylation is 1. The van der Waals surface area contributed by atoms with Crippen LogP contribution in [0.4, 0.5) is 13.2 Å². The molecule has 0 saturated heterocycles. The van der Waals surface area contributed by atoms with Crippen molar-refractivity contribution in [1.82, 2.24) is 5.32 Å². The molecule has 0 aliphatic carbocycles. The molecule has 1 N–H and O–H groups in total. The van der Waals surface area contributed by atoms with Gasteiger partial charge in [-0.25, -0.2) is 13.2 Å². The highest BCUT2D eigenvalue weighted by atomic mass is 19.1. The fourth-order valence-corrected chi connectivity index (χ4v) is 2.31. The lowest BCUT2D eigenvalue weighted by Crippen LogP contribution is -2.25. The summed E-state index contributed by atoms with van der Waals surface area (Å²) in [5.41, 5.74) is 0.925. The summed E-state index contributed by atoms with van der Waals surface area (Å²) in [4.78, 5) is 0. The summed E-state index contributed by atoms with van der Waals surface area (Å²) in [6.07, 6.45) is 0.806. The molecule has 4 heteroatoms. The molecule has 0 radical (unpaired) electrons. The third-order valence-electron chi connectivity index (χ3n) is 3.40. The van der Waals surface area contributed by atoms with E-state index in [1.807, 2.05) is 6.92 Å². The first kappa shape index (κ1) is 15.6. The molecule has 2 rings (SSSR count). The quantitative estimate of drug-likeness (QED) is 0.855. The Kier molecular flexibility index (Phi) is 5.02.